The van der Waals surface area contributed by atoms with Crippen molar-refractivity contribution in [2.75, 3.05) is 6.54 Å². The molecule has 2 N–H and O–H groups in total. The Labute approximate surface area is 120 Å². The van der Waals surface area contributed by atoms with Gasteiger partial charge in [0.05, 0.1) is 5.69 Å². The number of hydrogen-bond donors (Lipinski definition) is 1. The summed E-state index contributed by atoms with van der Waals surface area (Å²) in [5, 5.41) is 1.08. The first-order chi connectivity index (χ1) is 8.65. The lowest BCUT2D eigenvalue weighted by Crippen LogP contribution is -2.11. The van der Waals surface area contributed by atoms with Crippen molar-refractivity contribution in [3.8, 4) is 10.6 Å². The van der Waals surface area contributed by atoms with Gasteiger partial charge in [-0.2, -0.15) is 0 Å². The monoisotopic (exact) mass is 324 g/mol. The number of halogens is 1. The second-order valence-electron chi connectivity index (χ2n) is 4.32. The zero-order valence-corrected chi connectivity index (χ0v) is 13.0. The van der Waals surface area contributed by atoms with Gasteiger partial charge in [-0.3, -0.25) is 0 Å². The zero-order valence-electron chi connectivity index (χ0n) is 10.6. The zero-order chi connectivity index (χ0) is 13.1. The second-order valence-corrected chi connectivity index (χ2v) is 6.27. The molecule has 2 rings (SSSR count). The van der Waals surface area contributed by atoms with Crippen LogP contribution < -0.4 is 5.73 Å². The lowest BCUT2D eigenvalue weighted by Gasteiger charge is -2.09. The Morgan fingerprint density at radius 2 is 2.22 bits per heavy atom. The van der Waals surface area contributed by atoms with E-state index in [0.29, 0.717) is 12.5 Å². The molecule has 0 aliphatic carbocycles. The first-order valence-corrected chi connectivity index (χ1v) is 7.70. The minimum Gasteiger partial charge on any atom is -0.330 e. The van der Waals surface area contributed by atoms with E-state index in [0.717, 1.165) is 27.2 Å². The number of hydrogen-bond acceptors (Lipinski definition) is 3. The summed E-state index contributed by atoms with van der Waals surface area (Å²) in [4.78, 5) is 6.01. The first kappa shape index (κ1) is 13.7. The van der Waals surface area contributed by atoms with Crippen molar-refractivity contribution in [1.82, 2.24) is 4.98 Å². The van der Waals surface area contributed by atoms with E-state index in [1.54, 1.807) is 11.3 Å². The Hall–Kier alpha value is -0.710. The Morgan fingerprint density at radius 3 is 2.83 bits per heavy atom. The smallest absolute Gasteiger partial charge is 0.123 e. The number of aryl methyl sites for hydroxylation is 1. The van der Waals surface area contributed by atoms with Crippen molar-refractivity contribution in [2.24, 2.45) is 5.73 Å². The van der Waals surface area contributed by atoms with Gasteiger partial charge in [0.1, 0.15) is 5.01 Å². The van der Waals surface area contributed by atoms with Crippen LogP contribution in [0.1, 0.15) is 29.8 Å². The molecule has 96 valence electrons. The average Bonchev–Trinajstić information content (AvgIpc) is 2.74. The highest BCUT2D eigenvalue weighted by atomic mass is 79.9. The fourth-order valence-electron chi connectivity index (χ4n) is 1.99. The third kappa shape index (κ3) is 2.82. The van der Waals surface area contributed by atoms with Crippen LogP contribution in [0.5, 0.6) is 0 Å². The first-order valence-electron chi connectivity index (χ1n) is 6.09. The summed E-state index contributed by atoms with van der Waals surface area (Å²) in [5.41, 5.74) is 8.11. The molecule has 4 heteroatoms. The maximum Gasteiger partial charge on any atom is 0.123 e. The highest BCUT2D eigenvalue weighted by Crippen LogP contribution is 2.34. The topological polar surface area (TPSA) is 38.9 Å². The molecule has 0 amide bonds. The third-order valence-electron chi connectivity index (χ3n) is 3.05. The Kier molecular flexibility index (Phi) is 4.54. The number of thiazole rings is 1. The standard InChI is InChI=1S/C14H17BrN2S/c1-3-10(8-16)13-9(2)17-14(18-13)11-5-4-6-12(15)7-11/h4-7,10H,3,8,16H2,1-2H3. The van der Waals surface area contributed by atoms with Crippen LogP contribution in [-0.2, 0) is 0 Å². The number of nitrogens with two attached hydrogens (primary N) is 1. The van der Waals surface area contributed by atoms with Crippen LogP contribution in [0.2, 0.25) is 0 Å². The van der Waals surface area contributed by atoms with Crippen LogP contribution in [0.4, 0.5) is 0 Å². The van der Waals surface area contributed by atoms with E-state index in [9.17, 15) is 0 Å². The Bertz CT molecular complexity index is 532. The van der Waals surface area contributed by atoms with Crippen LogP contribution in [0.15, 0.2) is 28.7 Å². The van der Waals surface area contributed by atoms with Crippen LogP contribution in [-0.4, -0.2) is 11.5 Å². The van der Waals surface area contributed by atoms with Gasteiger partial charge in [0, 0.05) is 27.4 Å². The number of rotatable bonds is 4. The van der Waals surface area contributed by atoms with Crippen molar-refractivity contribution in [2.45, 2.75) is 26.2 Å². The van der Waals surface area contributed by atoms with Gasteiger partial charge in [-0.1, -0.05) is 35.0 Å². The van der Waals surface area contributed by atoms with Crippen LogP contribution in [0.25, 0.3) is 10.6 Å². The molecule has 1 heterocycles. The molecule has 18 heavy (non-hydrogen) atoms. The molecule has 1 aromatic heterocycles. The molecule has 0 saturated carbocycles. The van der Waals surface area contributed by atoms with E-state index >= 15 is 0 Å². The predicted octanol–water partition coefficient (Wildman–Crippen LogP) is 4.33. The summed E-state index contributed by atoms with van der Waals surface area (Å²) in [6, 6.07) is 8.26. The fraction of sp³-hybridized carbons (Fsp3) is 0.357. The summed E-state index contributed by atoms with van der Waals surface area (Å²) in [6.07, 6.45) is 1.07. The lowest BCUT2D eigenvalue weighted by atomic mass is 10.0. The van der Waals surface area contributed by atoms with Crippen LogP contribution in [0.3, 0.4) is 0 Å². The van der Waals surface area contributed by atoms with Gasteiger partial charge in [0.25, 0.3) is 0 Å². The van der Waals surface area contributed by atoms with E-state index in [1.807, 2.05) is 12.1 Å². The Balaban J connectivity index is 2.39. The molecule has 0 aliphatic rings. The molecule has 1 aromatic carbocycles. The van der Waals surface area contributed by atoms with Crippen molar-refractivity contribution >= 4 is 27.3 Å². The molecule has 1 atom stereocenters. The molecule has 2 aromatic rings. The van der Waals surface area contributed by atoms with Crippen molar-refractivity contribution in [3.05, 3.63) is 39.3 Å². The summed E-state index contributed by atoms with van der Waals surface area (Å²) >= 11 is 5.26. The van der Waals surface area contributed by atoms with Crippen molar-refractivity contribution < 1.29 is 0 Å². The Morgan fingerprint density at radius 1 is 1.44 bits per heavy atom. The largest absolute Gasteiger partial charge is 0.330 e. The van der Waals surface area contributed by atoms with Gasteiger partial charge in [0.15, 0.2) is 0 Å². The van der Waals surface area contributed by atoms with Crippen molar-refractivity contribution in [1.29, 1.82) is 0 Å². The maximum absolute atomic E-state index is 5.83. The van der Waals surface area contributed by atoms with E-state index in [-0.39, 0.29) is 0 Å². The van der Waals surface area contributed by atoms with Gasteiger partial charge in [-0.15, -0.1) is 11.3 Å². The summed E-state index contributed by atoms with van der Waals surface area (Å²) in [7, 11) is 0. The molecule has 0 bridgehead atoms. The average molecular weight is 325 g/mol. The second kappa shape index (κ2) is 5.95. The number of benzene rings is 1. The molecule has 2 nitrogen and oxygen atoms in total. The normalized spacial score (nSPS) is 12.7. The van der Waals surface area contributed by atoms with E-state index in [1.165, 1.54) is 4.88 Å². The van der Waals surface area contributed by atoms with Gasteiger partial charge in [-0.05, 0) is 25.5 Å². The minimum atomic E-state index is 0.434. The quantitative estimate of drug-likeness (QED) is 0.908. The molecule has 0 aliphatic heterocycles. The molecule has 0 fully saturated rings. The van der Waals surface area contributed by atoms with Gasteiger partial charge >= 0.3 is 0 Å². The summed E-state index contributed by atoms with van der Waals surface area (Å²) in [5.74, 6) is 0.434. The number of aromatic nitrogens is 1. The molecule has 0 spiro atoms. The van der Waals surface area contributed by atoms with E-state index < -0.39 is 0 Å². The van der Waals surface area contributed by atoms with Crippen LogP contribution >= 0.6 is 27.3 Å². The van der Waals surface area contributed by atoms with Gasteiger partial charge < -0.3 is 5.73 Å². The molecule has 0 saturated heterocycles. The van der Waals surface area contributed by atoms with E-state index in [4.69, 9.17) is 5.73 Å². The molecular formula is C14H17BrN2S. The van der Waals surface area contributed by atoms with Crippen molar-refractivity contribution in [3.63, 3.8) is 0 Å². The van der Waals surface area contributed by atoms with Gasteiger partial charge in [-0.25, -0.2) is 4.98 Å². The highest BCUT2D eigenvalue weighted by Gasteiger charge is 2.16. The third-order valence-corrected chi connectivity index (χ3v) is 4.91. The molecular weight excluding hydrogens is 308 g/mol. The van der Waals surface area contributed by atoms with Gasteiger partial charge in [0.2, 0.25) is 0 Å². The fourth-order valence-corrected chi connectivity index (χ4v) is 3.65. The molecule has 0 radical (unpaired) electrons. The SMILES string of the molecule is CCC(CN)c1sc(-c2cccc(Br)c2)nc1C. The minimum absolute atomic E-state index is 0.434. The maximum atomic E-state index is 5.83. The van der Waals surface area contributed by atoms with E-state index in [2.05, 4.69) is 46.9 Å². The lowest BCUT2D eigenvalue weighted by molar-refractivity contribution is 0.680. The predicted molar refractivity (Wildman–Crippen MR) is 82.1 cm³/mol. The molecule has 1 unspecified atom stereocenters. The summed E-state index contributed by atoms with van der Waals surface area (Å²) < 4.78 is 1.08. The number of nitrogens with zero attached hydrogens (tertiary/aromatic N) is 1. The highest BCUT2D eigenvalue weighted by molar-refractivity contribution is 9.10. The van der Waals surface area contributed by atoms with Crippen LogP contribution in [0, 0.1) is 6.92 Å². The summed E-state index contributed by atoms with van der Waals surface area (Å²) in [6.45, 7) is 4.94.